The van der Waals surface area contributed by atoms with Crippen molar-refractivity contribution in [3.8, 4) is 11.5 Å². The average molecular weight is 572 g/mol. The molecule has 9 heteroatoms. The maximum absolute atomic E-state index is 5.42. The maximum atomic E-state index is 5.42. The van der Waals surface area contributed by atoms with Crippen molar-refractivity contribution in [1.29, 1.82) is 0 Å². The summed E-state index contributed by atoms with van der Waals surface area (Å²) < 4.78 is 16.2. The lowest BCUT2D eigenvalue weighted by atomic mass is 10.00. The molecule has 2 heterocycles. The lowest BCUT2D eigenvalue weighted by Crippen LogP contribution is -2.48. The van der Waals surface area contributed by atoms with E-state index in [9.17, 15) is 0 Å². The number of benzene rings is 1. The van der Waals surface area contributed by atoms with Crippen LogP contribution in [0.3, 0.4) is 0 Å². The number of piperidine rings is 1. The molecule has 1 unspecified atom stereocenters. The summed E-state index contributed by atoms with van der Waals surface area (Å²) in [4.78, 5) is 7.23. The van der Waals surface area contributed by atoms with Gasteiger partial charge in [-0.05, 0) is 33.6 Å². The molecule has 184 valence electrons. The normalized spacial score (nSPS) is 15.6. The van der Waals surface area contributed by atoms with Crippen molar-refractivity contribution < 1.29 is 14.0 Å². The molecule has 0 saturated carbocycles. The highest BCUT2D eigenvalue weighted by molar-refractivity contribution is 14.0. The van der Waals surface area contributed by atoms with Crippen LogP contribution in [0.25, 0.3) is 0 Å². The summed E-state index contributed by atoms with van der Waals surface area (Å²) in [5.41, 5.74) is 3.24. The Hall–Kier alpha value is -2.17. The van der Waals surface area contributed by atoms with Crippen molar-refractivity contribution in [3.05, 3.63) is 35.2 Å². The van der Waals surface area contributed by atoms with Crippen molar-refractivity contribution in [2.24, 2.45) is 4.99 Å². The third-order valence-corrected chi connectivity index (χ3v) is 5.99. The van der Waals surface area contributed by atoms with Crippen LogP contribution in [-0.2, 0) is 0 Å². The van der Waals surface area contributed by atoms with E-state index in [1.54, 1.807) is 14.2 Å². The molecule has 0 spiro atoms. The Morgan fingerprint density at radius 3 is 2.33 bits per heavy atom. The Kier molecular flexibility index (Phi) is 10.6. The molecule has 1 saturated heterocycles. The Bertz CT molecular complexity index is 868. The Balaban J connectivity index is 0.00000385. The summed E-state index contributed by atoms with van der Waals surface area (Å²) in [5, 5.41) is 11.1. The number of ether oxygens (including phenoxy) is 2. The molecule has 8 nitrogen and oxygen atoms in total. The van der Waals surface area contributed by atoms with Gasteiger partial charge >= 0.3 is 0 Å². The Morgan fingerprint density at radius 2 is 1.82 bits per heavy atom. The maximum Gasteiger partial charge on any atom is 0.191 e. The second-order valence-electron chi connectivity index (χ2n) is 8.34. The molecule has 0 amide bonds. The quantitative estimate of drug-likeness (QED) is 0.279. The molecule has 1 atom stereocenters. The SMILES string of the molecule is CCNC(=NCC(C)c1c(C)noc1C)NC1CCN(c2cc(OC)cc(OC)c2)CC1.I. The van der Waals surface area contributed by atoms with Crippen LogP contribution in [0.4, 0.5) is 5.69 Å². The molecule has 1 fully saturated rings. The van der Waals surface area contributed by atoms with E-state index < -0.39 is 0 Å². The van der Waals surface area contributed by atoms with Crippen LogP contribution in [0.1, 0.15) is 49.6 Å². The topological polar surface area (TPSA) is 84.2 Å². The number of aryl methyl sites for hydroxylation is 2. The van der Waals surface area contributed by atoms with Crippen molar-refractivity contribution in [2.75, 3.05) is 45.3 Å². The fraction of sp³-hybridized carbons (Fsp3) is 0.583. The molecular weight excluding hydrogens is 533 g/mol. The molecule has 1 aliphatic rings. The fourth-order valence-corrected chi connectivity index (χ4v) is 4.28. The first-order valence-corrected chi connectivity index (χ1v) is 11.4. The highest BCUT2D eigenvalue weighted by Crippen LogP contribution is 2.30. The minimum absolute atomic E-state index is 0. The second-order valence-corrected chi connectivity index (χ2v) is 8.34. The first-order valence-electron chi connectivity index (χ1n) is 11.4. The Labute approximate surface area is 214 Å². The molecule has 0 radical (unpaired) electrons. The van der Waals surface area contributed by atoms with Gasteiger partial charge in [0.25, 0.3) is 0 Å². The third-order valence-electron chi connectivity index (χ3n) is 5.99. The number of guanidine groups is 1. The van der Waals surface area contributed by atoms with Gasteiger partial charge < -0.3 is 29.5 Å². The second kappa shape index (κ2) is 12.9. The lowest BCUT2D eigenvalue weighted by Gasteiger charge is -2.35. The summed E-state index contributed by atoms with van der Waals surface area (Å²) in [6, 6.07) is 6.42. The molecule has 0 aliphatic carbocycles. The molecule has 0 bridgehead atoms. The van der Waals surface area contributed by atoms with Crippen molar-refractivity contribution in [1.82, 2.24) is 15.8 Å². The number of nitrogens with zero attached hydrogens (tertiary/aromatic N) is 3. The molecule has 2 aromatic rings. The first-order chi connectivity index (χ1) is 15.4. The summed E-state index contributed by atoms with van der Waals surface area (Å²) >= 11 is 0. The van der Waals surface area contributed by atoms with E-state index in [2.05, 4.69) is 46.7 Å². The van der Waals surface area contributed by atoms with Gasteiger partial charge in [-0.25, -0.2) is 0 Å². The van der Waals surface area contributed by atoms with Gasteiger partial charge in [-0.3, -0.25) is 4.99 Å². The van der Waals surface area contributed by atoms with Crippen molar-refractivity contribution in [3.63, 3.8) is 0 Å². The Morgan fingerprint density at radius 1 is 1.18 bits per heavy atom. The van der Waals surface area contributed by atoms with Gasteiger partial charge in [-0.15, -0.1) is 24.0 Å². The van der Waals surface area contributed by atoms with E-state index in [1.807, 2.05) is 19.9 Å². The van der Waals surface area contributed by atoms with Gasteiger partial charge in [0.15, 0.2) is 5.96 Å². The number of methoxy groups -OCH3 is 2. The smallest absolute Gasteiger partial charge is 0.191 e. The van der Waals surface area contributed by atoms with Crippen LogP contribution in [-0.4, -0.2) is 57.6 Å². The van der Waals surface area contributed by atoms with Gasteiger partial charge in [-0.2, -0.15) is 0 Å². The van der Waals surface area contributed by atoms with Crippen molar-refractivity contribution in [2.45, 2.75) is 52.5 Å². The summed E-state index contributed by atoms with van der Waals surface area (Å²) in [6.45, 7) is 11.6. The fourth-order valence-electron chi connectivity index (χ4n) is 4.28. The van der Waals surface area contributed by atoms with E-state index >= 15 is 0 Å². The first kappa shape index (κ1) is 27.1. The van der Waals surface area contributed by atoms with Gasteiger partial charge in [-0.1, -0.05) is 12.1 Å². The number of halogens is 1. The zero-order valence-corrected chi connectivity index (χ0v) is 22.9. The van der Waals surface area contributed by atoms with Crippen LogP contribution in [0.5, 0.6) is 11.5 Å². The van der Waals surface area contributed by atoms with E-state index in [0.29, 0.717) is 12.6 Å². The molecule has 1 aromatic heterocycles. The highest BCUT2D eigenvalue weighted by atomic mass is 127. The summed E-state index contributed by atoms with van der Waals surface area (Å²) in [6.07, 6.45) is 2.06. The van der Waals surface area contributed by atoms with Crippen LogP contribution >= 0.6 is 24.0 Å². The molecule has 1 aromatic carbocycles. The summed E-state index contributed by atoms with van der Waals surface area (Å²) in [7, 11) is 3.37. The monoisotopic (exact) mass is 571 g/mol. The van der Waals surface area contributed by atoms with Crippen LogP contribution in [0, 0.1) is 13.8 Å². The van der Waals surface area contributed by atoms with E-state index in [0.717, 1.165) is 72.6 Å². The van der Waals surface area contributed by atoms with Gasteiger partial charge in [0.05, 0.1) is 19.9 Å². The summed E-state index contributed by atoms with van der Waals surface area (Å²) in [5.74, 6) is 3.63. The zero-order chi connectivity index (χ0) is 23.1. The van der Waals surface area contributed by atoms with Crippen LogP contribution < -0.4 is 25.0 Å². The van der Waals surface area contributed by atoms with E-state index in [4.69, 9.17) is 19.0 Å². The van der Waals surface area contributed by atoms with Gasteiger partial charge in [0, 0.05) is 67.6 Å². The van der Waals surface area contributed by atoms with E-state index in [1.165, 1.54) is 0 Å². The largest absolute Gasteiger partial charge is 0.497 e. The van der Waals surface area contributed by atoms with Gasteiger partial charge in [0.2, 0.25) is 0 Å². The number of anilines is 1. The predicted molar refractivity (Wildman–Crippen MR) is 144 cm³/mol. The average Bonchev–Trinajstić information content (AvgIpc) is 3.15. The number of rotatable bonds is 8. The predicted octanol–water partition coefficient (Wildman–Crippen LogP) is 4.25. The molecule has 2 N–H and O–H groups in total. The zero-order valence-electron chi connectivity index (χ0n) is 20.6. The molecule has 1 aliphatic heterocycles. The van der Waals surface area contributed by atoms with Crippen molar-refractivity contribution >= 4 is 35.6 Å². The van der Waals surface area contributed by atoms with Gasteiger partial charge in [0.1, 0.15) is 17.3 Å². The molecule has 3 rings (SSSR count). The molecule has 33 heavy (non-hydrogen) atoms. The van der Waals surface area contributed by atoms with E-state index in [-0.39, 0.29) is 29.9 Å². The standard InChI is InChI=1S/C24H37N5O3.HI/c1-7-25-24(26-15-16(2)23-17(3)28-32-18(23)4)27-19-8-10-29(11-9-19)20-12-21(30-5)14-22(13-20)31-6;/h12-14,16,19H,7-11,15H2,1-6H3,(H2,25,26,27);1H. The minimum atomic E-state index is 0. The number of nitrogens with one attached hydrogen (secondary N) is 2. The number of hydrogen-bond donors (Lipinski definition) is 2. The highest BCUT2D eigenvalue weighted by Gasteiger charge is 2.22. The molecular formula is C24H38IN5O3. The third kappa shape index (κ3) is 7.15. The number of aliphatic imine (C=N–C) groups is 1. The number of aromatic nitrogens is 1. The minimum Gasteiger partial charge on any atom is -0.497 e. The lowest BCUT2D eigenvalue weighted by molar-refractivity contribution is 0.391. The van der Waals surface area contributed by atoms with Crippen LogP contribution in [0.2, 0.25) is 0 Å². The number of hydrogen-bond acceptors (Lipinski definition) is 6. The van der Waals surface area contributed by atoms with Crippen LogP contribution in [0.15, 0.2) is 27.7 Å².